The van der Waals surface area contributed by atoms with Gasteiger partial charge in [0.2, 0.25) is 0 Å². The van der Waals surface area contributed by atoms with Gasteiger partial charge in [-0.15, -0.1) is 0 Å². The normalized spacial score (nSPS) is 16.8. The molecule has 0 aromatic carbocycles. The van der Waals surface area contributed by atoms with Crippen molar-refractivity contribution in [2.45, 2.75) is 54.5 Å². The van der Waals surface area contributed by atoms with E-state index < -0.39 is 54.5 Å². The van der Waals surface area contributed by atoms with Crippen LogP contribution in [0.3, 0.4) is 0 Å². The van der Waals surface area contributed by atoms with E-state index in [0.29, 0.717) is 0 Å². The van der Waals surface area contributed by atoms with E-state index in [-0.39, 0.29) is 0 Å². The molecule has 1 nitrogen and oxygen atoms in total. The Balaban J connectivity index is 6.61. The molecule has 0 bridgehead atoms. The van der Waals surface area contributed by atoms with Gasteiger partial charge < -0.3 is 5.11 Å². The van der Waals surface area contributed by atoms with Crippen molar-refractivity contribution in [3.05, 3.63) is 0 Å². The highest BCUT2D eigenvalue weighted by atomic mass is 19.4. The van der Waals surface area contributed by atoms with Crippen LogP contribution >= 0.6 is 0 Å². The molecule has 0 amide bonds. The Kier molecular flexibility index (Phi) is 5.42. The van der Waals surface area contributed by atoms with E-state index >= 15 is 0 Å². The molecule has 0 fully saturated rings. The molecule has 0 aromatic heterocycles. The van der Waals surface area contributed by atoms with E-state index in [1.807, 2.05) is 0 Å². The first-order valence-corrected chi connectivity index (χ1v) is 5.50. The van der Waals surface area contributed by atoms with Gasteiger partial charge in [-0.2, -0.15) is 70.2 Å². The summed E-state index contributed by atoms with van der Waals surface area (Å²) in [4.78, 5) is 0. The van der Waals surface area contributed by atoms with Crippen molar-refractivity contribution >= 4 is 0 Å². The molecule has 0 spiro atoms. The third-order valence-electron chi connectivity index (χ3n) is 2.90. The molecule has 0 saturated carbocycles. The molecule has 0 saturated heterocycles. The fourth-order valence-corrected chi connectivity index (χ4v) is 1.25. The van der Waals surface area contributed by atoms with Gasteiger partial charge in [-0.3, -0.25) is 0 Å². The lowest BCUT2D eigenvalue weighted by Crippen LogP contribution is -2.74. The van der Waals surface area contributed by atoms with Crippen LogP contribution in [0, 0.1) is 0 Å². The van der Waals surface area contributed by atoms with Crippen molar-refractivity contribution in [1.29, 1.82) is 0 Å². The molecule has 0 aliphatic rings. The summed E-state index contributed by atoms with van der Waals surface area (Å²) in [7, 11) is 0. The van der Waals surface area contributed by atoms with Crippen molar-refractivity contribution in [3.63, 3.8) is 0 Å². The lowest BCUT2D eigenvalue weighted by molar-refractivity contribution is -0.468. The first kappa shape index (κ1) is 24.8. The molecule has 0 atom stereocenters. The van der Waals surface area contributed by atoms with Gasteiger partial charge in [-0.1, -0.05) is 0 Å². The van der Waals surface area contributed by atoms with Gasteiger partial charge in [-0.25, -0.2) is 0 Å². The summed E-state index contributed by atoms with van der Waals surface area (Å²) in [6, 6.07) is 0. The quantitative estimate of drug-likeness (QED) is 0.560. The van der Waals surface area contributed by atoms with Gasteiger partial charge in [0.15, 0.2) is 0 Å². The number of hydrogen-bond donors (Lipinski definition) is 1. The van der Waals surface area contributed by atoms with E-state index in [9.17, 15) is 70.2 Å². The van der Waals surface area contributed by atoms with E-state index in [4.69, 9.17) is 5.11 Å². The Morgan fingerprint density at radius 3 is 0.769 bits per heavy atom. The fourth-order valence-electron chi connectivity index (χ4n) is 1.25. The van der Waals surface area contributed by atoms with Gasteiger partial charge in [0.05, 0.1) is 0 Å². The third-order valence-corrected chi connectivity index (χ3v) is 2.90. The number of rotatable bonds is 7. The minimum Gasteiger partial charge on any atom is -0.331 e. The van der Waals surface area contributed by atoms with Crippen LogP contribution in [0.15, 0.2) is 0 Å². The fraction of sp³-hybridized carbons (Fsp3) is 1.00. The molecule has 0 radical (unpaired) electrons. The largest absolute Gasteiger partial charge is 0.423 e. The molecule has 1 N–H and O–H groups in total. The van der Waals surface area contributed by atoms with E-state index in [1.54, 1.807) is 0 Å². The van der Waals surface area contributed by atoms with Crippen LogP contribution in [0.1, 0.15) is 6.92 Å². The topological polar surface area (TPSA) is 20.2 Å². The molecule has 0 rings (SSSR count). The number of alkyl halides is 16. The molecule has 26 heavy (non-hydrogen) atoms. The highest BCUT2D eigenvalue weighted by molar-refractivity contribution is 5.14. The predicted molar refractivity (Wildman–Crippen MR) is 47.5 cm³/mol. The van der Waals surface area contributed by atoms with Crippen molar-refractivity contribution in [2.24, 2.45) is 0 Å². The predicted octanol–water partition coefficient (Wildman–Crippen LogP) is 5.04. The maximum Gasteiger partial charge on any atom is 0.423 e. The lowest BCUT2D eigenvalue weighted by atomic mass is 9.89. The summed E-state index contributed by atoms with van der Waals surface area (Å²) < 4.78 is 202. The third kappa shape index (κ3) is 2.85. The van der Waals surface area contributed by atoms with Crippen LogP contribution < -0.4 is 0 Å². The first-order chi connectivity index (χ1) is 10.8. The SMILES string of the molecule is CC(F)(F)C(F)(F)C(F)(F)C(F)(F)C(F)(F)C(F)(F)C(F)(F)C(O)(F)F. The van der Waals surface area contributed by atoms with Crippen molar-refractivity contribution < 1.29 is 75.4 Å². The number of aliphatic hydroxyl groups is 1. The van der Waals surface area contributed by atoms with Crippen molar-refractivity contribution in [3.8, 4) is 0 Å². The first-order valence-electron chi connectivity index (χ1n) is 5.50. The summed E-state index contributed by atoms with van der Waals surface area (Å²) in [5.74, 6) is -55.1. The van der Waals surface area contributed by atoms with Crippen molar-refractivity contribution in [2.75, 3.05) is 0 Å². The van der Waals surface area contributed by atoms with Crippen LogP contribution in [-0.4, -0.2) is 52.7 Å². The van der Waals surface area contributed by atoms with Crippen LogP contribution in [0.2, 0.25) is 0 Å². The van der Waals surface area contributed by atoms with Crippen LogP contribution in [0.5, 0.6) is 0 Å². The highest BCUT2D eigenvalue weighted by Crippen LogP contribution is 2.63. The van der Waals surface area contributed by atoms with E-state index in [1.165, 1.54) is 0 Å². The number of halogens is 16. The minimum absolute atomic E-state index is 1.23. The zero-order valence-corrected chi connectivity index (χ0v) is 11.5. The second kappa shape index (κ2) is 5.67. The maximum absolute atomic E-state index is 13.0. The average Bonchev–Trinajstić information content (AvgIpc) is 2.34. The Morgan fingerprint density at radius 1 is 0.385 bits per heavy atom. The molecule has 0 heterocycles. The Bertz CT molecular complexity index is 475. The van der Waals surface area contributed by atoms with Gasteiger partial charge in [-0.05, 0) is 0 Å². The minimum atomic E-state index is -8.48. The molecule has 0 aromatic rings. The van der Waals surface area contributed by atoms with E-state index in [0.717, 1.165) is 0 Å². The second-order valence-corrected chi connectivity index (χ2v) is 4.88. The summed E-state index contributed by atoms with van der Waals surface area (Å²) in [6.07, 6.45) is -7.23. The Morgan fingerprint density at radius 2 is 0.577 bits per heavy atom. The maximum atomic E-state index is 13.0. The molecule has 0 aliphatic carbocycles. The smallest absolute Gasteiger partial charge is 0.331 e. The zero-order valence-electron chi connectivity index (χ0n) is 11.5. The molecular weight excluding hydrogens is 428 g/mol. The van der Waals surface area contributed by atoms with Crippen LogP contribution in [0.4, 0.5) is 70.2 Å². The summed E-state index contributed by atoms with van der Waals surface area (Å²) in [6.45, 7) is -1.23. The van der Waals surface area contributed by atoms with Crippen molar-refractivity contribution in [1.82, 2.24) is 0 Å². The highest BCUT2D eigenvalue weighted by Gasteiger charge is 2.94. The number of hydrogen-bond acceptors (Lipinski definition) is 1. The molecule has 17 heteroatoms. The molecule has 0 unspecified atom stereocenters. The van der Waals surface area contributed by atoms with Gasteiger partial charge in [0.1, 0.15) is 0 Å². The molecular formula is C9H4F16O. The standard InChI is InChI=1S/C9H4F16O/c1-2(10,11)3(12,13)4(14,15)5(16,17)6(18,19)7(20,21)8(22,23)9(24,25)26/h26H,1H3. The van der Waals surface area contributed by atoms with Gasteiger partial charge >= 0.3 is 47.6 Å². The molecule has 158 valence electrons. The van der Waals surface area contributed by atoms with Crippen LogP contribution in [0.25, 0.3) is 0 Å². The Hall–Kier alpha value is -1.16. The zero-order chi connectivity index (χ0) is 22.0. The summed E-state index contributed by atoms with van der Waals surface area (Å²) in [5.41, 5.74) is 0. The van der Waals surface area contributed by atoms with E-state index in [2.05, 4.69) is 0 Å². The summed E-state index contributed by atoms with van der Waals surface area (Å²) >= 11 is 0. The average molecular weight is 432 g/mol. The lowest BCUT2D eigenvalue weighted by Gasteiger charge is -2.42. The van der Waals surface area contributed by atoms with Gasteiger partial charge in [0.25, 0.3) is 0 Å². The van der Waals surface area contributed by atoms with Crippen LogP contribution in [-0.2, 0) is 0 Å². The second-order valence-electron chi connectivity index (χ2n) is 4.88. The summed E-state index contributed by atoms with van der Waals surface area (Å²) in [5, 5.41) is 7.40. The Labute approximate surface area is 131 Å². The monoisotopic (exact) mass is 432 g/mol. The van der Waals surface area contributed by atoms with Gasteiger partial charge in [0, 0.05) is 6.92 Å². The molecule has 0 aliphatic heterocycles.